The summed E-state index contributed by atoms with van der Waals surface area (Å²) in [6, 6.07) is 6.40. The zero-order chi connectivity index (χ0) is 12.4. The first-order valence-electron chi connectivity index (χ1n) is 5.86. The molecule has 3 nitrogen and oxygen atoms in total. The Morgan fingerprint density at radius 1 is 1.35 bits per heavy atom. The van der Waals surface area contributed by atoms with E-state index in [9.17, 15) is 0 Å². The molecule has 0 aliphatic rings. The average Bonchev–Trinajstić information content (AvgIpc) is 2.76. The summed E-state index contributed by atoms with van der Waals surface area (Å²) < 4.78 is 1.93. The maximum atomic E-state index is 8.99. The van der Waals surface area contributed by atoms with E-state index in [1.807, 2.05) is 10.8 Å². The minimum Gasteiger partial charge on any atom is -0.390 e. The van der Waals surface area contributed by atoms with Gasteiger partial charge < -0.3 is 9.67 Å². The van der Waals surface area contributed by atoms with Crippen molar-refractivity contribution in [3.8, 4) is 5.69 Å². The minimum atomic E-state index is -0.0178. The average molecular weight is 230 g/mol. The summed E-state index contributed by atoms with van der Waals surface area (Å²) in [5.41, 5.74) is 4.43. The first-order valence-corrected chi connectivity index (χ1v) is 5.86. The fourth-order valence-electron chi connectivity index (χ4n) is 2.05. The second-order valence-electron chi connectivity index (χ2n) is 4.63. The Bertz CT molecular complexity index is 515. The molecule has 1 aromatic heterocycles. The van der Waals surface area contributed by atoms with Gasteiger partial charge in [0.1, 0.15) is 0 Å². The Kier molecular flexibility index (Phi) is 3.29. The molecule has 1 heterocycles. The Morgan fingerprint density at radius 3 is 2.65 bits per heavy atom. The minimum absolute atomic E-state index is 0.0178. The van der Waals surface area contributed by atoms with E-state index in [4.69, 9.17) is 5.11 Å². The van der Waals surface area contributed by atoms with Gasteiger partial charge in [-0.15, -0.1) is 0 Å². The normalized spacial score (nSPS) is 11.1. The first kappa shape index (κ1) is 11.9. The lowest BCUT2D eigenvalue weighted by molar-refractivity contribution is 0.277. The van der Waals surface area contributed by atoms with E-state index >= 15 is 0 Å². The van der Waals surface area contributed by atoms with Crippen LogP contribution in [0.2, 0.25) is 0 Å². The van der Waals surface area contributed by atoms with Crippen molar-refractivity contribution in [2.45, 2.75) is 33.3 Å². The predicted molar refractivity (Wildman–Crippen MR) is 68.3 cm³/mol. The van der Waals surface area contributed by atoms with Crippen molar-refractivity contribution < 1.29 is 5.11 Å². The van der Waals surface area contributed by atoms with Crippen LogP contribution in [0.5, 0.6) is 0 Å². The Labute approximate surface area is 102 Å². The first-order chi connectivity index (χ1) is 8.11. The lowest BCUT2D eigenvalue weighted by Crippen LogP contribution is -1.96. The number of hydrogen-bond acceptors (Lipinski definition) is 2. The number of imidazole rings is 1. The summed E-state index contributed by atoms with van der Waals surface area (Å²) >= 11 is 0. The summed E-state index contributed by atoms with van der Waals surface area (Å²) in [5.74, 6) is 0.542. The fourth-order valence-corrected chi connectivity index (χ4v) is 2.05. The number of aliphatic hydroxyl groups excluding tert-OH is 1. The van der Waals surface area contributed by atoms with Crippen molar-refractivity contribution in [2.75, 3.05) is 0 Å². The molecule has 2 rings (SSSR count). The molecule has 0 spiro atoms. The summed E-state index contributed by atoms with van der Waals surface area (Å²) in [5, 5.41) is 8.99. The lowest BCUT2D eigenvalue weighted by Gasteiger charge is -2.11. The number of rotatable bonds is 3. The van der Waals surface area contributed by atoms with Gasteiger partial charge in [-0.25, -0.2) is 4.98 Å². The number of benzene rings is 1. The van der Waals surface area contributed by atoms with Gasteiger partial charge in [-0.2, -0.15) is 0 Å². The van der Waals surface area contributed by atoms with Gasteiger partial charge in [-0.1, -0.05) is 19.9 Å². The quantitative estimate of drug-likeness (QED) is 0.880. The number of nitrogens with zero attached hydrogens (tertiary/aromatic N) is 2. The van der Waals surface area contributed by atoms with E-state index in [0.29, 0.717) is 11.6 Å². The highest BCUT2D eigenvalue weighted by molar-refractivity contribution is 5.41. The van der Waals surface area contributed by atoms with Gasteiger partial charge in [0.05, 0.1) is 18.6 Å². The molecule has 1 aromatic carbocycles. The standard InChI is InChI=1S/C14H18N2O/c1-10(2)14-5-4-13(6-11(14)3)16-7-12(8-17)15-9-16/h4-7,9-10,17H,8H2,1-3H3. The van der Waals surface area contributed by atoms with Crippen LogP contribution in [0.1, 0.15) is 36.6 Å². The highest BCUT2D eigenvalue weighted by Crippen LogP contribution is 2.21. The molecule has 17 heavy (non-hydrogen) atoms. The molecule has 0 fully saturated rings. The molecular weight excluding hydrogens is 212 g/mol. The molecule has 1 N–H and O–H groups in total. The topological polar surface area (TPSA) is 38.0 Å². The molecule has 0 atom stereocenters. The van der Waals surface area contributed by atoms with E-state index in [-0.39, 0.29) is 6.61 Å². The lowest BCUT2D eigenvalue weighted by atomic mass is 9.98. The van der Waals surface area contributed by atoms with Crippen LogP contribution in [0.25, 0.3) is 5.69 Å². The van der Waals surface area contributed by atoms with Gasteiger partial charge >= 0.3 is 0 Å². The molecule has 0 aliphatic heterocycles. The van der Waals surface area contributed by atoms with Crippen LogP contribution >= 0.6 is 0 Å². The molecule has 90 valence electrons. The van der Waals surface area contributed by atoms with Crippen LogP contribution in [-0.2, 0) is 6.61 Å². The summed E-state index contributed by atoms with van der Waals surface area (Å²) in [6.07, 6.45) is 3.58. The molecule has 0 unspecified atom stereocenters. The van der Waals surface area contributed by atoms with Gasteiger partial charge in [0.15, 0.2) is 0 Å². The maximum absolute atomic E-state index is 8.99. The van der Waals surface area contributed by atoms with Gasteiger partial charge in [0.25, 0.3) is 0 Å². The molecule has 3 heteroatoms. The van der Waals surface area contributed by atoms with Crippen molar-refractivity contribution in [1.82, 2.24) is 9.55 Å². The van der Waals surface area contributed by atoms with E-state index in [2.05, 4.69) is 44.0 Å². The molecule has 0 amide bonds. The van der Waals surface area contributed by atoms with Crippen LogP contribution in [0.4, 0.5) is 0 Å². The third-order valence-corrected chi connectivity index (χ3v) is 2.97. The third-order valence-electron chi connectivity index (χ3n) is 2.97. The summed E-state index contributed by atoms with van der Waals surface area (Å²) in [7, 11) is 0. The molecule has 0 aliphatic carbocycles. The Morgan fingerprint density at radius 2 is 2.12 bits per heavy atom. The molecule has 0 radical (unpaired) electrons. The largest absolute Gasteiger partial charge is 0.390 e. The van der Waals surface area contributed by atoms with E-state index in [0.717, 1.165) is 5.69 Å². The highest BCUT2D eigenvalue weighted by Gasteiger charge is 2.05. The van der Waals surface area contributed by atoms with E-state index in [1.165, 1.54) is 11.1 Å². The number of aliphatic hydroxyl groups is 1. The molecule has 0 bridgehead atoms. The smallest absolute Gasteiger partial charge is 0.0996 e. The van der Waals surface area contributed by atoms with Gasteiger partial charge in [0.2, 0.25) is 0 Å². The predicted octanol–water partition coefficient (Wildman–Crippen LogP) is 2.80. The van der Waals surface area contributed by atoms with Gasteiger partial charge in [-0.05, 0) is 36.1 Å². The van der Waals surface area contributed by atoms with Crippen LogP contribution in [0, 0.1) is 6.92 Å². The van der Waals surface area contributed by atoms with Crippen LogP contribution in [0.3, 0.4) is 0 Å². The van der Waals surface area contributed by atoms with Crippen LogP contribution in [-0.4, -0.2) is 14.7 Å². The van der Waals surface area contributed by atoms with Crippen LogP contribution in [0.15, 0.2) is 30.7 Å². The van der Waals surface area contributed by atoms with Crippen molar-refractivity contribution in [3.63, 3.8) is 0 Å². The zero-order valence-corrected chi connectivity index (χ0v) is 10.5. The second kappa shape index (κ2) is 4.72. The summed E-state index contributed by atoms with van der Waals surface area (Å²) in [4.78, 5) is 4.11. The van der Waals surface area contributed by atoms with Crippen molar-refractivity contribution in [3.05, 3.63) is 47.5 Å². The second-order valence-corrected chi connectivity index (χ2v) is 4.63. The van der Waals surface area contributed by atoms with Crippen molar-refractivity contribution in [2.24, 2.45) is 0 Å². The van der Waals surface area contributed by atoms with Gasteiger partial charge in [0, 0.05) is 11.9 Å². The Hall–Kier alpha value is -1.61. The number of aromatic nitrogens is 2. The van der Waals surface area contributed by atoms with E-state index in [1.54, 1.807) is 6.33 Å². The SMILES string of the molecule is Cc1cc(-n2cnc(CO)c2)ccc1C(C)C. The maximum Gasteiger partial charge on any atom is 0.0996 e. The summed E-state index contributed by atoms with van der Waals surface area (Å²) in [6.45, 7) is 6.50. The van der Waals surface area contributed by atoms with Crippen LogP contribution < -0.4 is 0 Å². The number of hydrogen-bond donors (Lipinski definition) is 1. The Balaban J connectivity index is 2.37. The fraction of sp³-hybridized carbons (Fsp3) is 0.357. The molecular formula is C14H18N2O. The molecule has 0 saturated heterocycles. The van der Waals surface area contributed by atoms with Crippen molar-refractivity contribution in [1.29, 1.82) is 0 Å². The van der Waals surface area contributed by atoms with Gasteiger partial charge in [-0.3, -0.25) is 0 Å². The number of aryl methyl sites for hydroxylation is 1. The molecule has 2 aromatic rings. The monoisotopic (exact) mass is 230 g/mol. The van der Waals surface area contributed by atoms with Crippen molar-refractivity contribution >= 4 is 0 Å². The third kappa shape index (κ3) is 2.39. The zero-order valence-electron chi connectivity index (χ0n) is 10.5. The molecule has 0 saturated carbocycles. The highest BCUT2D eigenvalue weighted by atomic mass is 16.3. The van der Waals surface area contributed by atoms with E-state index < -0.39 is 0 Å².